The Morgan fingerprint density at radius 2 is 1.91 bits per heavy atom. The second-order valence-electron chi connectivity index (χ2n) is 8.80. The Balaban J connectivity index is 1.36. The topological polar surface area (TPSA) is 151 Å². The molecule has 3 aliphatic heterocycles. The Morgan fingerprint density at radius 1 is 1.18 bits per heavy atom. The summed E-state index contributed by atoms with van der Waals surface area (Å²) in [7, 11) is -2.21. The smallest absolute Gasteiger partial charge is 0.243 e. The minimum absolute atomic E-state index is 0.162. The number of H-pyrrole nitrogens is 1. The van der Waals surface area contributed by atoms with Gasteiger partial charge < -0.3 is 25.5 Å². The molecule has 0 bridgehead atoms. The van der Waals surface area contributed by atoms with Gasteiger partial charge in [-0.05, 0) is 31.0 Å². The van der Waals surface area contributed by atoms with Gasteiger partial charge in [-0.1, -0.05) is 0 Å². The average Bonchev–Trinajstić information content (AvgIpc) is 3.33. The maximum Gasteiger partial charge on any atom is 0.243 e. The third-order valence-corrected chi connectivity index (χ3v) is 8.74. The molecule has 2 fully saturated rings. The highest BCUT2D eigenvalue weighted by Crippen LogP contribution is 2.36. The second-order valence-corrected chi connectivity index (χ2v) is 10.7. The van der Waals surface area contributed by atoms with E-state index in [0.29, 0.717) is 36.3 Å². The lowest BCUT2D eigenvalue weighted by Gasteiger charge is -2.39. The number of hydrogen-bond acceptors (Lipinski definition) is 9. The van der Waals surface area contributed by atoms with Crippen molar-refractivity contribution < 1.29 is 17.9 Å². The van der Waals surface area contributed by atoms with Gasteiger partial charge in [-0.15, -0.1) is 0 Å². The molecule has 0 saturated carbocycles. The number of rotatable bonds is 5. The van der Waals surface area contributed by atoms with Crippen molar-refractivity contribution in [3.63, 3.8) is 0 Å². The number of anilines is 1. The standard InChI is InChI=1S/C22H31N7O4S/c1-32-19-14-16(2-3-18(19)22(24)26-20(23)17-4-7-25-21(17)27-22)34(30,31)29-8-5-15(6-9-29)28-10-12-33-13-11-28/h2-4,7,14-15,25,27H,5-6,8-13,24H2,1H3,(H2,23,26). The Bertz CT molecular complexity index is 1180. The summed E-state index contributed by atoms with van der Waals surface area (Å²) >= 11 is 0. The summed E-state index contributed by atoms with van der Waals surface area (Å²) in [5.41, 5.74) is 13.9. The molecule has 4 heterocycles. The summed E-state index contributed by atoms with van der Waals surface area (Å²) in [5, 5.41) is 3.13. The van der Waals surface area contributed by atoms with Crippen LogP contribution in [0.3, 0.4) is 0 Å². The van der Waals surface area contributed by atoms with E-state index in [4.69, 9.17) is 20.9 Å². The quantitative estimate of drug-likeness (QED) is 0.471. The van der Waals surface area contributed by atoms with E-state index in [1.807, 2.05) is 0 Å². The fourth-order valence-corrected chi connectivity index (χ4v) is 6.45. The van der Waals surface area contributed by atoms with Crippen molar-refractivity contribution in [3.8, 4) is 5.75 Å². The summed E-state index contributed by atoms with van der Waals surface area (Å²) in [4.78, 5) is 10.0. The number of nitrogens with zero attached hydrogens (tertiary/aromatic N) is 3. The summed E-state index contributed by atoms with van der Waals surface area (Å²) in [6, 6.07) is 6.88. The lowest BCUT2D eigenvalue weighted by molar-refractivity contribution is 0.00610. The number of amidine groups is 1. The fraction of sp³-hybridized carbons (Fsp3) is 0.500. The lowest BCUT2D eigenvalue weighted by atomic mass is 10.0. The number of hydrogen-bond donors (Lipinski definition) is 4. The van der Waals surface area contributed by atoms with Crippen molar-refractivity contribution in [3.05, 3.63) is 41.6 Å². The van der Waals surface area contributed by atoms with Gasteiger partial charge in [-0.25, -0.2) is 13.4 Å². The fourth-order valence-electron chi connectivity index (χ4n) is 4.97. The number of benzene rings is 1. The summed E-state index contributed by atoms with van der Waals surface area (Å²) < 4.78 is 39.4. The molecule has 1 unspecified atom stereocenters. The molecule has 0 amide bonds. The van der Waals surface area contributed by atoms with Crippen LogP contribution in [0.25, 0.3) is 0 Å². The van der Waals surface area contributed by atoms with Crippen LogP contribution in [0.4, 0.5) is 5.82 Å². The predicted molar refractivity (Wildman–Crippen MR) is 128 cm³/mol. The number of sulfonamides is 1. The van der Waals surface area contributed by atoms with Crippen molar-refractivity contribution in [2.24, 2.45) is 16.5 Å². The molecule has 184 valence electrons. The summed E-state index contributed by atoms with van der Waals surface area (Å²) in [6.45, 7) is 4.25. The van der Waals surface area contributed by atoms with E-state index in [1.54, 1.807) is 28.7 Å². The van der Waals surface area contributed by atoms with Crippen molar-refractivity contribution in [1.29, 1.82) is 0 Å². The number of ether oxygens (including phenoxy) is 2. The molecular formula is C22H31N7O4S. The van der Waals surface area contributed by atoms with Gasteiger partial charge in [0.25, 0.3) is 0 Å². The van der Waals surface area contributed by atoms with Crippen LogP contribution in [-0.4, -0.2) is 81.0 Å². The molecule has 2 saturated heterocycles. The lowest BCUT2D eigenvalue weighted by Crippen LogP contribution is -2.50. The van der Waals surface area contributed by atoms with Gasteiger partial charge in [0.1, 0.15) is 17.4 Å². The van der Waals surface area contributed by atoms with E-state index in [2.05, 4.69) is 20.2 Å². The Kier molecular flexibility index (Phi) is 6.02. The first kappa shape index (κ1) is 23.1. The van der Waals surface area contributed by atoms with E-state index < -0.39 is 15.8 Å². The number of nitrogens with two attached hydrogens (primary N) is 2. The highest BCUT2D eigenvalue weighted by molar-refractivity contribution is 7.89. The number of nitrogens with one attached hydrogen (secondary N) is 2. The van der Waals surface area contributed by atoms with Crippen molar-refractivity contribution >= 4 is 21.7 Å². The highest BCUT2D eigenvalue weighted by Gasteiger charge is 2.37. The number of aromatic nitrogens is 1. The number of fused-ring (bicyclic) bond motifs is 1. The Labute approximate surface area is 199 Å². The molecule has 34 heavy (non-hydrogen) atoms. The number of methoxy groups -OCH3 is 1. The van der Waals surface area contributed by atoms with Gasteiger partial charge in [-0.2, -0.15) is 4.31 Å². The SMILES string of the molecule is COc1cc(S(=O)(=O)N2CCC(N3CCOCC3)CC2)ccc1C1(N)N=C(N)c2cc[nH]c2N1. The molecule has 6 N–H and O–H groups in total. The molecule has 12 heteroatoms. The number of aromatic amines is 1. The summed E-state index contributed by atoms with van der Waals surface area (Å²) in [6.07, 6.45) is 3.34. The van der Waals surface area contributed by atoms with Crippen LogP contribution >= 0.6 is 0 Å². The molecule has 1 aromatic heterocycles. The van der Waals surface area contributed by atoms with Gasteiger partial charge in [0.2, 0.25) is 15.8 Å². The normalized spacial score (nSPS) is 24.8. The molecule has 0 aliphatic carbocycles. The summed E-state index contributed by atoms with van der Waals surface area (Å²) in [5.74, 6) is -0.186. The molecule has 1 aromatic carbocycles. The maximum absolute atomic E-state index is 13.4. The zero-order chi connectivity index (χ0) is 23.9. The molecule has 11 nitrogen and oxygen atoms in total. The third kappa shape index (κ3) is 4.05. The number of piperidine rings is 1. The van der Waals surface area contributed by atoms with Crippen molar-refractivity contribution in [2.75, 3.05) is 51.8 Å². The van der Waals surface area contributed by atoms with Gasteiger partial charge in [0.05, 0.1) is 36.3 Å². The monoisotopic (exact) mass is 489 g/mol. The van der Waals surface area contributed by atoms with E-state index in [9.17, 15) is 8.42 Å². The molecular weight excluding hydrogens is 458 g/mol. The highest BCUT2D eigenvalue weighted by atomic mass is 32.2. The van der Waals surface area contributed by atoms with Crippen LogP contribution in [0.2, 0.25) is 0 Å². The molecule has 0 radical (unpaired) electrons. The Hall–Kier alpha value is -2.64. The molecule has 1 atom stereocenters. The first-order chi connectivity index (χ1) is 16.3. The predicted octanol–water partition coefficient (Wildman–Crippen LogP) is 0.409. The van der Waals surface area contributed by atoms with Gasteiger partial charge >= 0.3 is 0 Å². The number of aliphatic imine (C=N–C) groups is 1. The van der Waals surface area contributed by atoms with E-state index >= 15 is 0 Å². The molecule has 3 aliphatic rings. The van der Waals surface area contributed by atoms with Crippen LogP contribution in [0.1, 0.15) is 24.0 Å². The van der Waals surface area contributed by atoms with Crippen LogP contribution < -0.4 is 21.5 Å². The first-order valence-electron chi connectivity index (χ1n) is 11.4. The van der Waals surface area contributed by atoms with Gasteiger partial charge in [0, 0.05) is 44.5 Å². The van der Waals surface area contributed by atoms with Gasteiger partial charge in [-0.3, -0.25) is 10.6 Å². The minimum Gasteiger partial charge on any atom is -0.496 e. The average molecular weight is 490 g/mol. The first-order valence-corrected chi connectivity index (χ1v) is 12.9. The second kappa shape index (κ2) is 8.86. The van der Waals surface area contributed by atoms with E-state index in [1.165, 1.54) is 13.2 Å². The number of morpholine rings is 1. The van der Waals surface area contributed by atoms with Crippen LogP contribution in [0, 0.1) is 0 Å². The molecule has 2 aromatic rings. The van der Waals surface area contributed by atoms with Crippen LogP contribution in [0.5, 0.6) is 5.75 Å². The zero-order valence-corrected chi connectivity index (χ0v) is 20.0. The van der Waals surface area contributed by atoms with E-state index in [0.717, 1.165) is 44.7 Å². The molecule has 5 rings (SSSR count). The van der Waals surface area contributed by atoms with E-state index in [-0.39, 0.29) is 10.7 Å². The molecule has 0 spiro atoms. The Morgan fingerprint density at radius 3 is 2.62 bits per heavy atom. The third-order valence-electron chi connectivity index (χ3n) is 6.84. The zero-order valence-electron chi connectivity index (χ0n) is 19.2. The largest absolute Gasteiger partial charge is 0.496 e. The minimum atomic E-state index is -3.68. The van der Waals surface area contributed by atoms with Crippen LogP contribution in [0.15, 0.2) is 40.4 Å². The van der Waals surface area contributed by atoms with Gasteiger partial charge in [0.15, 0.2) is 0 Å². The van der Waals surface area contributed by atoms with Crippen molar-refractivity contribution in [1.82, 2.24) is 14.2 Å². The maximum atomic E-state index is 13.4. The van der Waals surface area contributed by atoms with Crippen molar-refractivity contribution in [2.45, 2.75) is 29.6 Å². The van der Waals surface area contributed by atoms with Crippen LogP contribution in [-0.2, 0) is 20.5 Å².